The summed E-state index contributed by atoms with van der Waals surface area (Å²) in [4.78, 5) is 55.3. The van der Waals surface area contributed by atoms with Crippen LogP contribution in [-0.2, 0) is 56.1 Å². The molecule has 12 nitrogen and oxygen atoms in total. The van der Waals surface area contributed by atoms with E-state index < -0.39 is 0 Å². The Hall–Kier alpha value is 5.04. The van der Waals surface area contributed by atoms with Crippen molar-refractivity contribution in [3.63, 3.8) is 0 Å². The minimum atomic E-state index is -0.333. The molecule has 6 amide bonds. The smallest absolute Gasteiger partial charge is 2.00 e. The van der Waals surface area contributed by atoms with Crippen LogP contribution < -0.4 is 60.9 Å². The molecule has 0 aliphatic rings. The van der Waals surface area contributed by atoms with Gasteiger partial charge in [-0.2, -0.15) is 0 Å². The van der Waals surface area contributed by atoms with Gasteiger partial charge in [0, 0.05) is 116 Å². The van der Waals surface area contributed by atoms with Crippen molar-refractivity contribution < 1.29 is 82.6 Å². The number of nitrogens with two attached hydrogens (primary N) is 6. The Bertz CT molecular complexity index is 328. The predicted molar refractivity (Wildman–Crippen MR) is 201 cm³/mol. The van der Waals surface area contributed by atoms with Gasteiger partial charge in [0.15, 0.2) is 0 Å². The molecule has 0 aromatic heterocycles. The second-order valence-corrected chi connectivity index (χ2v) is 36.3. The summed E-state index contributed by atoms with van der Waals surface area (Å²) in [5.74, 6) is -2.00. The van der Waals surface area contributed by atoms with Crippen LogP contribution in [0.5, 0.6) is 0 Å². The molecule has 0 aromatic rings. The molecule has 0 saturated carbocycles. The number of halogens is 10. The van der Waals surface area contributed by atoms with Crippen molar-refractivity contribution in [2.24, 2.45) is 34.4 Å². The van der Waals surface area contributed by atoms with Gasteiger partial charge in [0.1, 0.15) is 0 Å². The van der Waals surface area contributed by atoms with Crippen LogP contribution in [0.25, 0.3) is 0 Å². The van der Waals surface area contributed by atoms with Crippen LogP contribution in [0, 0.1) is 0 Å². The van der Waals surface area contributed by atoms with E-state index in [0.717, 1.165) is 0 Å². The van der Waals surface area contributed by atoms with E-state index in [1.807, 2.05) is 0 Å². The average Bonchev–Trinajstić information content (AvgIpc) is 2.56. The van der Waals surface area contributed by atoms with Crippen LogP contribution in [0.3, 0.4) is 0 Å². The van der Waals surface area contributed by atoms with E-state index in [-0.39, 0.29) is 62.7 Å². The maximum absolute atomic E-state index is 9.22. The molecule has 0 bridgehead atoms. The van der Waals surface area contributed by atoms with Crippen LogP contribution >= 0.6 is 149 Å². The molecular weight excluding hydrogens is 1710 g/mol. The molecule has 23 heteroatoms. The molecule has 0 spiro atoms. The monoisotopic (exact) mass is 1740 g/mol. The second-order valence-electron chi connectivity index (χ2n) is 3.77. The number of amides is 6. The van der Waals surface area contributed by atoms with Crippen LogP contribution in [-0.4, -0.2) is 35.4 Å². The summed E-state index contributed by atoms with van der Waals surface area (Å²) < 4.78 is 0. The van der Waals surface area contributed by atoms with Crippen LogP contribution in [0.15, 0.2) is 0 Å². The van der Waals surface area contributed by atoms with Gasteiger partial charge in [-0.25, -0.2) is 0 Å². The number of hydrogen-bond donors (Lipinski definition) is 6. The van der Waals surface area contributed by atoms with E-state index in [1.165, 1.54) is 41.5 Å². The number of rotatable bonds is 0. The third-order valence-electron chi connectivity index (χ3n) is 0. The summed E-state index contributed by atoms with van der Waals surface area (Å²) in [5, 5.41) is 0. The van der Waals surface area contributed by atoms with Crippen molar-refractivity contribution in [3.05, 3.63) is 0 Å². The number of carbonyl (C=O) groups is 6. The fraction of sp³-hybridized carbons (Fsp3) is 0.500. The van der Waals surface area contributed by atoms with E-state index in [2.05, 4.69) is 183 Å². The van der Waals surface area contributed by atoms with Crippen molar-refractivity contribution in [1.82, 2.24) is 0 Å². The molecule has 0 saturated heterocycles. The van der Waals surface area contributed by atoms with Gasteiger partial charge in [0.05, 0.1) is 0 Å². The first-order valence-electron chi connectivity index (χ1n) is 6.81. The fourth-order valence-corrected chi connectivity index (χ4v) is 0. The first kappa shape index (κ1) is 72.4. The van der Waals surface area contributed by atoms with Crippen molar-refractivity contribution in [3.8, 4) is 0 Å². The quantitative estimate of drug-likeness (QED) is 0.119. The molecule has 0 fully saturated rings. The van der Waals surface area contributed by atoms with Crippen molar-refractivity contribution in [2.45, 2.75) is 41.5 Å². The molecule has 0 aromatic carbocycles. The van der Waals surface area contributed by atoms with Crippen LogP contribution in [0.2, 0.25) is 0 Å². The molecule has 216 valence electrons. The molecule has 12 N–H and O–H groups in total. The Morgan fingerprint density at radius 2 is 0.400 bits per heavy atom. The molecule has 35 heavy (non-hydrogen) atoms. The van der Waals surface area contributed by atoms with Gasteiger partial charge in [-0.05, 0) is 0 Å². The number of primary amides is 6. The summed E-state index contributed by atoms with van der Waals surface area (Å²) in [6.07, 6.45) is 0. The molecule has 0 unspecified atom stereocenters. The Kier molecular flexibility index (Phi) is 186. The molecule has 0 rings (SSSR count). The molecule has 0 aliphatic heterocycles. The minimum absolute atomic E-state index is 0. The van der Waals surface area contributed by atoms with Gasteiger partial charge in [-0.15, -0.1) is 0 Å². The summed E-state index contributed by atoms with van der Waals surface area (Å²) in [5.41, 5.74) is 26.8. The van der Waals surface area contributed by atoms with Gasteiger partial charge in [-0.1, -0.05) is 0 Å². The third kappa shape index (κ3) is 2110. The topological polar surface area (TPSA) is 259 Å². The average molecular weight is 1740 g/mol. The Balaban J connectivity index is -0.0000000204. The predicted octanol–water partition coefficient (Wildman–Crippen LogP) is -1.96. The molecule has 0 aliphatic carbocycles. The molecule has 0 heterocycles. The first-order valence-corrected chi connectivity index (χ1v) is 44.5. The summed E-state index contributed by atoms with van der Waals surface area (Å²) in [7, 11) is 0. The molecular formula is C12H30CdI10N6O6. The molecule has 0 radical (unpaired) electrons. The summed E-state index contributed by atoms with van der Waals surface area (Å²) in [6.45, 7) is 7.83. The van der Waals surface area contributed by atoms with Crippen LogP contribution in [0.1, 0.15) is 41.5 Å². The fourth-order valence-electron chi connectivity index (χ4n) is 0. The zero-order chi connectivity index (χ0) is 30.9. The van der Waals surface area contributed by atoms with Crippen molar-refractivity contribution in [2.75, 3.05) is 0 Å². The van der Waals surface area contributed by atoms with E-state index in [9.17, 15) is 28.8 Å². The standard InChI is InChI=1S/6C2H5NO.Cd.2I3.2I2/c6*1-2(3)4;;2*1-3-2;2*1-2/h6*1H3,(H2,3,4);;;;;/q;;;;;;+2;2*-1;;. The first-order chi connectivity index (χ1) is 15.2. The SMILES string of the molecule is CC(N)=O.CC(N)=O.CC(N)=O.CC(N)=O.CC(N)=O.CC(N)=O.II.II.I[I-]I.I[I-]I.[Cd+2]. The zero-order valence-electron chi connectivity index (χ0n) is 19.4. The largest absolute Gasteiger partial charge is 2.00 e. The van der Waals surface area contributed by atoms with Crippen LogP contribution in [0.4, 0.5) is 0 Å². The van der Waals surface area contributed by atoms with Gasteiger partial charge < -0.3 is 34.4 Å². The maximum Gasteiger partial charge on any atom is 2.00 e. The third-order valence-corrected chi connectivity index (χ3v) is 0. The van der Waals surface area contributed by atoms with E-state index in [1.54, 1.807) is 0 Å². The number of hydrogen-bond acceptors (Lipinski definition) is 6. The maximum atomic E-state index is 9.22. The Labute approximate surface area is 334 Å². The van der Waals surface area contributed by atoms with Gasteiger partial charge in [0.2, 0.25) is 35.4 Å². The zero-order valence-corrected chi connectivity index (χ0v) is 45.0. The minimum Gasteiger partial charge on any atom is 2.00 e. The number of carbonyl (C=O) groups excluding carboxylic acids is 6. The van der Waals surface area contributed by atoms with Crippen molar-refractivity contribution >= 4 is 184 Å². The van der Waals surface area contributed by atoms with Crippen molar-refractivity contribution in [1.29, 1.82) is 0 Å². The summed E-state index contributed by atoms with van der Waals surface area (Å²) in [6, 6.07) is 0. The van der Waals surface area contributed by atoms with Gasteiger partial charge in [0.25, 0.3) is 0 Å². The van der Waals surface area contributed by atoms with E-state index in [4.69, 9.17) is 0 Å². The Morgan fingerprint density at radius 3 is 0.400 bits per heavy atom. The Morgan fingerprint density at radius 1 is 0.400 bits per heavy atom. The molecule has 0 atom stereocenters. The van der Waals surface area contributed by atoms with E-state index >= 15 is 0 Å². The summed E-state index contributed by atoms with van der Waals surface area (Å²) >= 11 is 19.1. The van der Waals surface area contributed by atoms with Gasteiger partial charge >= 0.3 is 128 Å². The van der Waals surface area contributed by atoms with E-state index in [0.29, 0.717) is 26.5 Å². The normalized spacial score (nSPS) is 5.89. The van der Waals surface area contributed by atoms with Gasteiger partial charge in [-0.3, -0.25) is 28.8 Å². The second kappa shape index (κ2) is 90.1.